The summed E-state index contributed by atoms with van der Waals surface area (Å²) < 4.78 is 18.5. The number of carbonyl (C=O) groups is 1. The van der Waals surface area contributed by atoms with Crippen LogP contribution in [0.3, 0.4) is 0 Å². The van der Waals surface area contributed by atoms with Gasteiger partial charge in [-0.2, -0.15) is 0 Å². The Morgan fingerprint density at radius 1 is 1.00 bits per heavy atom. The molecule has 0 aliphatic heterocycles. The minimum Gasteiger partial charge on any atom is -0.496 e. The number of halogens is 1. The lowest BCUT2D eigenvalue weighted by atomic mass is 9.81. The van der Waals surface area contributed by atoms with Crippen LogP contribution in [0.5, 0.6) is 5.75 Å². The van der Waals surface area contributed by atoms with E-state index in [1.54, 1.807) is 19.2 Å². The third kappa shape index (κ3) is 3.58. The maximum atomic E-state index is 13.1. The van der Waals surface area contributed by atoms with Crippen LogP contribution in [-0.2, 0) is 15.7 Å². The molecule has 1 N–H and O–H groups in total. The van der Waals surface area contributed by atoms with E-state index < -0.39 is 11.0 Å². The lowest BCUT2D eigenvalue weighted by molar-refractivity contribution is -0.127. The van der Waals surface area contributed by atoms with E-state index in [9.17, 15) is 9.18 Å². The van der Waals surface area contributed by atoms with Gasteiger partial charge in [-0.3, -0.25) is 4.79 Å². The Morgan fingerprint density at radius 2 is 1.58 bits per heavy atom. The zero-order valence-electron chi connectivity index (χ0n) is 14.8. The van der Waals surface area contributed by atoms with Gasteiger partial charge in [0, 0.05) is 5.56 Å². The maximum absolute atomic E-state index is 13.1. The van der Waals surface area contributed by atoms with Crippen molar-refractivity contribution in [3.05, 3.63) is 65.5 Å². The lowest BCUT2D eigenvalue weighted by Gasteiger charge is -2.33. The molecule has 0 fully saturated rings. The molecular weight excluding hydrogens is 305 g/mol. The van der Waals surface area contributed by atoms with Gasteiger partial charge in [0.25, 0.3) is 0 Å². The van der Waals surface area contributed by atoms with E-state index >= 15 is 0 Å². The van der Waals surface area contributed by atoms with E-state index in [-0.39, 0.29) is 11.7 Å². The number of nitrogens with one attached hydrogen (secondary N) is 1. The highest BCUT2D eigenvalue weighted by Crippen LogP contribution is 2.33. The molecule has 3 nitrogen and oxygen atoms in total. The van der Waals surface area contributed by atoms with E-state index in [0.29, 0.717) is 5.75 Å². The second kappa shape index (κ2) is 6.63. The molecule has 4 heteroatoms. The van der Waals surface area contributed by atoms with Crippen LogP contribution in [0.4, 0.5) is 4.39 Å². The van der Waals surface area contributed by atoms with Gasteiger partial charge in [0.2, 0.25) is 5.91 Å². The number of rotatable bonds is 5. The number of para-hydroxylation sites is 1. The second-order valence-electron chi connectivity index (χ2n) is 6.91. The Morgan fingerprint density at radius 3 is 2.17 bits per heavy atom. The zero-order chi connectivity index (χ0) is 18.0. The number of ether oxygens (including phenoxy) is 1. The van der Waals surface area contributed by atoms with Crippen LogP contribution < -0.4 is 10.1 Å². The fraction of sp³-hybridized carbons (Fsp3) is 0.350. The highest BCUT2D eigenvalue weighted by Gasteiger charge is 2.36. The molecule has 0 radical (unpaired) electrons. The fourth-order valence-corrected chi connectivity index (χ4v) is 2.66. The van der Waals surface area contributed by atoms with Gasteiger partial charge in [0.05, 0.1) is 18.1 Å². The van der Waals surface area contributed by atoms with Gasteiger partial charge in [-0.25, -0.2) is 4.39 Å². The molecular formula is C20H24FNO2. The van der Waals surface area contributed by atoms with Crippen molar-refractivity contribution in [3.63, 3.8) is 0 Å². The molecule has 24 heavy (non-hydrogen) atoms. The summed E-state index contributed by atoms with van der Waals surface area (Å²) in [6, 6.07) is 13.7. The first kappa shape index (κ1) is 18.0. The summed E-state index contributed by atoms with van der Waals surface area (Å²) in [6.45, 7) is 7.52. The smallest absolute Gasteiger partial charge is 0.230 e. The van der Waals surface area contributed by atoms with E-state index in [2.05, 4.69) is 5.32 Å². The van der Waals surface area contributed by atoms with Gasteiger partial charge in [0.15, 0.2) is 0 Å². The predicted octanol–water partition coefficient (Wildman–Crippen LogP) is 4.16. The number of amides is 1. The van der Waals surface area contributed by atoms with Crippen LogP contribution >= 0.6 is 0 Å². The summed E-state index contributed by atoms with van der Waals surface area (Å²) in [4.78, 5) is 12.9. The quantitative estimate of drug-likeness (QED) is 0.894. The second-order valence-corrected chi connectivity index (χ2v) is 6.91. The first-order chi connectivity index (χ1) is 11.2. The molecule has 0 atom stereocenters. The Labute approximate surface area is 142 Å². The number of methoxy groups -OCH3 is 1. The maximum Gasteiger partial charge on any atom is 0.230 e. The summed E-state index contributed by atoms with van der Waals surface area (Å²) in [5.74, 6) is 0.258. The first-order valence-electron chi connectivity index (χ1n) is 7.90. The van der Waals surface area contributed by atoms with Crippen molar-refractivity contribution >= 4 is 5.91 Å². The minimum atomic E-state index is -0.774. The molecule has 2 aromatic rings. The van der Waals surface area contributed by atoms with Crippen molar-refractivity contribution in [1.82, 2.24) is 5.32 Å². The highest BCUT2D eigenvalue weighted by atomic mass is 19.1. The van der Waals surface area contributed by atoms with Gasteiger partial charge in [-0.05, 0) is 51.5 Å². The summed E-state index contributed by atoms with van der Waals surface area (Å²) >= 11 is 0. The average molecular weight is 329 g/mol. The zero-order valence-corrected chi connectivity index (χ0v) is 14.8. The van der Waals surface area contributed by atoms with Gasteiger partial charge in [-0.1, -0.05) is 30.3 Å². The number of hydrogen-bond acceptors (Lipinski definition) is 2. The molecule has 0 bridgehead atoms. The molecule has 128 valence electrons. The molecule has 0 spiro atoms. The van der Waals surface area contributed by atoms with Crippen molar-refractivity contribution in [3.8, 4) is 5.75 Å². The van der Waals surface area contributed by atoms with Crippen LogP contribution in [0.25, 0.3) is 0 Å². The minimum absolute atomic E-state index is 0.124. The van der Waals surface area contributed by atoms with Crippen molar-refractivity contribution in [1.29, 1.82) is 0 Å². The van der Waals surface area contributed by atoms with Crippen molar-refractivity contribution in [2.45, 2.75) is 38.6 Å². The van der Waals surface area contributed by atoms with E-state index in [1.165, 1.54) is 12.1 Å². The fourth-order valence-electron chi connectivity index (χ4n) is 2.66. The predicted molar refractivity (Wildman–Crippen MR) is 93.6 cm³/mol. The molecule has 0 saturated heterocycles. The summed E-state index contributed by atoms with van der Waals surface area (Å²) in [6.07, 6.45) is 0. The molecule has 0 aliphatic carbocycles. The largest absolute Gasteiger partial charge is 0.496 e. The third-order valence-electron chi connectivity index (χ3n) is 4.34. The topological polar surface area (TPSA) is 38.3 Å². The van der Waals surface area contributed by atoms with Gasteiger partial charge in [0.1, 0.15) is 11.6 Å². The molecule has 2 aromatic carbocycles. The van der Waals surface area contributed by atoms with Crippen LogP contribution in [0.1, 0.15) is 38.8 Å². The molecule has 0 unspecified atom stereocenters. The number of carbonyl (C=O) groups excluding carboxylic acids is 1. The summed E-state index contributed by atoms with van der Waals surface area (Å²) in [5, 5.41) is 3.07. The molecule has 1 amide bonds. The number of hydrogen-bond donors (Lipinski definition) is 1. The molecule has 0 saturated carbocycles. The van der Waals surface area contributed by atoms with Gasteiger partial charge in [-0.15, -0.1) is 0 Å². The van der Waals surface area contributed by atoms with Crippen LogP contribution in [-0.4, -0.2) is 13.0 Å². The monoisotopic (exact) mass is 329 g/mol. The van der Waals surface area contributed by atoms with Gasteiger partial charge >= 0.3 is 0 Å². The molecule has 0 aromatic heterocycles. The van der Waals surface area contributed by atoms with Crippen LogP contribution in [0.2, 0.25) is 0 Å². The Kier molecular flexibility index (Phi) is 4.97. The Hall–Kier alpha value is -2.36. The normalized spacial score (nSPS) is 11.9. The van der Waals surface area contributed by atoms with E-state index in [1.807, 2.05) is 52.0 Å². The summed E-state index contributed by atoms with van der Waals surface area (Å²) in [5.41, 5.74) is 0.265. The van der Waals surface area contributed by atoms with E-state index in [0.717, 1.165) is 11.1 Å². The molecule has 2 rings (SSSR count). The lowest BCUT2D eigenvalue weighted by Crippen LogP contribution is -2.48. The van der Waals surface area contributed by atoms with Crippen LogP contribution in [0, 0.1) is 5.82 Å². The van der Waals surface area contributed by atoms with Crippen molar-refractivity contribution in [2.24, 2.45) is 0 Å². The summed E-state index contributed by atoms with van der Waals surface area (Å²) in [7, 11) is 1.59. The average Bonchev–Trinajstić information content (AvgIpc) is 2.54. The standard InChI is InChI=1S/C20H24FNO2/c1-19(2,16-8-6-7-9-17(16)24-5)18(23)22-20(3,4)14-10-12-15(21)13-11-14/h6-13H,1-5H3,(H,22,23). The van der Waals surface area contributed by atoms with Gasteiger partial charge < -0.3 is 10.1 Å². The van der Waals surface area contributed by atoms with Crippen molar-refractivity contribution < 1.29 is 13.9 Å². The van der Waals surface area contributed by atoms with E-state index in [4.69, 9.17) is 4.74 Å². The first-order valence-corrected chi connectivity index (χ1v) is 7.90. The van der Waals surface area contributed by atoms with Crippen LogP contribution in [0.15, 0.2) is 48.5 Å². The SMILES string of the molecule is COc1ccccc1C(C)(C)C(=O)NC(C)(C)c1ccc(F)cc1. The molecule has 0 aliphatic rings. The Bertz CT molecular complexity index is 721. The van der Waals surface area contributed by atoms with Crippen molar-refractivity contribution in [2.75, 3.05) is 7.11 Å². The number of benzene rings is 2. The Balaban J connectivity index is 2.28. The third-order valence-corrected chi connectivity index (χ3v) is 4.34. The highest BCUT2D eigenvalue weighted by molar-refractivity contribution is 5.88. The molecule has 0 heterocycles.